The number of aryl methyl sites for hydroxylation is 1. The molecule has 0 atom stereocenters. The van der Waals surface area contributed by atoms with Gasteiger partial charge in [-0.25, -0.2) is 4.98 Å². The lowest BCUT2D eigenvalue weighted by atomic mass is 10.3. The SMILES string of the molecule is CNc1nc(C)cc(N2CCCSCC2)n1. The summed E-state index contributed by atoms with van der Waals surface area (Å²) in [6.07, 6.45) is 1.24. The van der Waals surface area contributed by atoms with Gasteiger partial charge in [-0.15, -0.1) is 0 Å². The van der Waals surface area contributed by atoms with Gasteiger partial charge in [0, 0.05) is 37.7 Å². The first kappa shape index (κ1) is 11.5. The molecule has 1 aliphatic rings. The van der Waals surface area contributed by atoms with Gasteiger partial charge in [0.15, 0.2) is 0 Å². The average Bonchev–Trinajstić information content (AvgIpc) is 2.56. The predicted molar refractivity (Wildman–Crippen MR) is 70.5 cm³/mol. The number of rotatable bonds is 2. The van der Waals surface area contributed by atoms with E-state index in [1.165, 1.54) is 17.9 Å². The molecule has 0 aliphatic carbocycles. The maximum Gasteiger partial charge on any atom is 0.224 e. The van der Waals surface area contributed by atoms with Crippen molar-refractivity contribution in [3.63, 3.8) is 0 Å². The normalized spacial score (nSPS) is 17.0. The van der Waals surface area contributed by atoms with Crippen LogP contribution >= 0.6 is 11.8 Å². The van der Waals surface area contributed by atoms with Crippen LogP contribution in [0.15, 0.2) is 6.07 Å². The molecule has 1 aliphatic heterocycles. The minimum Gasteiger partial charge on any atom is -0.357 e. The van der Waals surface area contributed by atoms with Crippen LogP contribution in [0.2, 0.25) is 0 Å². The molecule has 2 heterocycles. The maximum absolute atomic E-state index is 4.51. The van der Waals surface area contributed by atoms with Crippen molar-refractivity contribution < 1.29 is 0 Å². The van der Waals surface area contributed by atoms with E-state index in [9.17, 15) is 0 Å². The van der Waals surface area contributed by atoms with Gasteiger partial charge < -0.3 is 10.2 Å². The molecule has 0 amide bonds. The summed E-state index contributed by atoms with van der Waals surface area (Å²) in [5.74, 6) is 4.23. The van der Waals surface area contributed by atoms with Gasteiger partial charge in [0.25, 0.3) is 0 Å². The summed E-state index contributed by atoms with van der Waals surface area (Å²) in [7, 11) is 1.86. The lowest BCUT2D eigenvalue weighted by molar-refractivity contribution is 0.797. The highest BCUT2D eigenvalue weighted by Crippen LogP contribution is 2.18. The van der Waals surface area contributed by atoms with Crippen molar-refractivity contribution in [2.75, 3.05) is 41.9 Å². The summed E-state index contributed by atoms with van der Waals surface area (Å²) in [5, 5.41) is 3.01. The molecular formula is C11H18N4S. The second-order valence-corrected chi connectivity index (χ2v) is 5.12. The monoisotopic (exact) mass is 238 g/mol. The topological polar surface area (TPSA) is 41.1 Å². The zero-order valence-electron chi connectivity index (χ0n) is 9.86. The van der Waals surface area contributed by atoms with E-state index in [1.807, 2.05) is 25.7 Å². The lowest BCUT2D eigenvalue weighted by Gasteiger charge is -2.21. The zero-order valence-corrected chi connectivity index (χ0v) is 10.7. The first-order chi connectivity index (χ1) is 7.79. The van der Waals surface area contributed by atoms with E-state index in [1.54, 1.807) is 0 Å². The molecule has 0 radical (unpaired) electrons. The number of anilines is 2. The molecule has 4 nitrogen and oxygen atoms in total. The van der Waals surface area contributed by atoms with Crippen LogP contribution in [-0.2, 0) is 0 Å². The van der Waals surface area contributed by atoms with Crippen LogP contribution in [0.5, 0.6) is 0 Å². The second-order valence-electron chi connectivity index (χ2n) is 3.89. The summed E-state index contributed by atoms with van der Waals surface area (Å²) in [6.45, 7) is 4.20. The molecule has 0 unspecified atom stereocenters. The number of hydrogen-bond donors (Lipinski definition) is 1. The molecule has 1 aromatic rings. The Bertz CT molecular complexity index is 348. The third-order valence-corrected chi connectivity index (χ3v) is 3.66. The number of nitrogens with zero attached hydrogens (tertiary/aromatic N) is 3. The van der Waals surface area contributed by atoms with E-state index in [-0.39, 0.29) is 0 Å². The fourth-order valence-electron chi connectivity index (χ4n) is 1.80. The molecule has 1 saturated heterocycles. The van der Waals surface area contributed by atoms with Crippen LogP contribution in [0.25, 0.3) is 0 Å². The molecule has 1 aromatic heterocycles. The molecular weight excluding hydrogens is 220 g/mol. The predicted octanol–water partition coefficient (Wildman–Crippen LogP) is 1.77. The van der Waals surface area contributed by atoms with Gasteiger partial charge in [0.2, 0.25) is 5.95 Å². The van der Waals surface area contributed by atoms with E-state index in [2.05, 4.69) is 26.3 Å². The first-order valence-electron chi connectivity index (χ1n) is 5.66. The molecule has 16 heavy (non-hydrogen) atoms. The minimum absolute atomic E-state index is 0.715. The van der Waals surface area contributed by atoms with Crippen LogP contribution in [0.3, 0.4) is 0 Å². The fraction of sp³-hybridized carbons (Fsp3) is 0.636. The van der Waals surface area contributed by atoms with Crippen LogP contribution in [-0.4, -0.2) is 41.6 Å². The van der Waals surface area contributed by atoms with Gasteiger partial charge in [-0.05, 0) is 19.1 Å². The van der Waals surface area contributed by atoms with Crippen molar-refractivity contribution in [1.82, 2.24) is 9.97 Å². The summed E-state index contributed by atoms with van der Waals surface area (Å²) in [5.41, 5.74) is 1.02. The van der Waals surface area contributed by atoms with E-state index < -0.39 is 0 Å². The molecule has 5 heteroatoms. The van der Waals surface area contributed by atoms with E-state index >= 15 is 0 Å². The third kappa shape index (κ3) is 2.78. The fourth-order valence-corrected chi connectivity index (χ4v) is 2.69. The second kappa shape index (κ2) is 5.39. The molecule has 88 valence electrons. The van der Waals surface area contributed by atoms with Crippen molar-refractivity contribution in [2.24, 2.45) is 0 Å². The van der Waals surface area contributed by atoms with Crippen LogP contribution in [0.4, 0.5) is 11.8 Å². The third-order valence-electron chi connectivity index (χ3n) is 2.61. The molecule has 2 rings (SSSR count). The Balaban J connectivity index is 2.20. The summed E-state index contributed by atoms with van der Waals surface area (Å²) < 4.78 is 0. The number of thioether (sulfide) groups is 1. The molecule has 0 bridgehead atoms. The van der Waals surface area contributed by atoms with Crippen LogP contribution < -0.4 is 10.2 Å². The van der Waals surface area contributed by atoms with Crippen molar-refractivity contribution in [3.05, 3.63) is 11.8 Å². The van der Waals surface area contributed by atoms with E-state index in [4.69, 9.17) is 0 Å². The van der Waals surface area contributed by atoms with Gasteiger partial charge in [-0.3, -0.25) is 0 Å². The number of nitrogens with one attached hydrogen (secondary N) is 1. The highest BCUT2D eigenvalue weighted by Gasteiger charge is 2.12. The smallest absolute Gasteiger partial charge is 0.224 e. The summed E-state index contributed by atoms with van der Waals surface area (Å²) in [4.78, 5) is 11.2. The lowest BCUT2D eigenvalue weighted by Crippen LogP contribution is -2.26. The van der Waals surface area contributed by atoms with Gasteiger partial charge in [-0.1, -0.05) is 0 Å². The van der Waals surface area contributed by atoms with Gasteiger partial charge in [0.1, 0.15) is 5.82 Å². The number of aromatic nitrogens is 2. The highest BCUT2D eigenvalue weighted by atomic mass is 32.2. The van der Waals surface area contributed by atoms with Crippen LogP contribution in [0, 0.1) is 6.92 Å². The van der Waals surface area contributed by atoms with Crippen molar-refractivity contribution in [3.8, 4) is 0 Å². The van der Waals surface area contributed by atoms with E-state index in [0.29, 0.717) is 5.95 Å². The van der Waals surface area contributed by atoms with Gasteiger partial charge in [-0.2, -0.15) is 16.7 Å². The first-order valence-corrected chi connectivity index (χ1v) is 6.81. The maximum atomic E-state index is 4.51. The van der Waals surface area contributed by atoms with Crippen molar-refractivity contribution in [2.45, 2.75) is 13.3 Å². The van der Waals surface area contributed by atoms with Gasteiger partial charge in [0.05, 0.1) is 0 Å². The van der Waals surface area contributed by atoms with E-state index in [0.717, 1.165) is 24.6 Å². The summed E-state index contributed by atoms with van der Waals surface area (Å²) in [6, 6.07) is 2.07. The van der Waals surface area contributed by atoms with Crippen molar-refractivity contribution in [1.29, 1.82) is 0 Å². The molecule has 0 spiro atoms. The standard InChI is InChI=1S/C11H18N4S/c1-9-8-10(14-11(12-2)13-9)15-4-3-6-16-7-5-15/h8H,3-7H2,1-2H3,(H,12,13,14). The van der Waals surface area contributed by atoms with Crippen LogP contribution in [0.1, 0.15) is 12.1 Å². The molecule has 0 saturated carbocycles. The average molecular weight is 238 g/mol. The number of hydrogen-bond acceptors (Lipinski definition) is 5. The Kier molecular flexibility index (Phi) is 3.88. The Morgan fingerprint density at radius 1 is 1.31 bits per heavy atom. The molecule has 1 N–H and O–H groups in total. The zero-order chi connectivity index (χ0) is 11.4. The highest BCUT2D eigenvalue weighted by molar-refractivity contribution is 7.99. The summed E-state index contributed by atoms with van der Waals surface area (Å²) >= 11 is 2.03. The van der Waals surface area contributed by atoms with Crippen molar-refractivity contribution >= 4 is 23.5 Å². The Morgan fingerprint density at radius 3 is 3.00 bits per heavy atom. The largest absolute Gasteiger partial charge is 0.357 e. The molecule has 1 fully saturated rings. The Morgan fingerprint density at radius 2 is 2.19 bits per heavy atom. The quantitative estimate of drug-likeness (QED) is 0.850. The van der Waals surface area contributed by atoms with Gasteiger partial charge >= 0.3 is 0 Å². The Hall–Kier alpha value is -0.970. The Labute approximate surface area is 101 Å². The molecule has 0 aromatic carbocycles. The minimum atomic E-state index is 0.715.